The lowest BCUT2D eigenvalue weighted by Crippen LogP contribution is -2.58. The van der Waals surface area contributed by atoms with E-state index >= 15 is 0 Å². The van der Waals surface area contributed by atoms with E-state index in [1.54, 1.807) is 27.0 Å². The summed E-state index contributed by atoms with van der Waals surface area (Å²) in [6, 6.07) is 11.8. The summed E-state index contributed by atoms with van der Waals surface area (Å²) < 4.78 is 0.941. The minimum atomic E-state index is -0.867. The van der Waals surface area contributed by atoms with Gasteiger partial charge in [-0.1, -0.05) is 23.7 Å². The fourth-order valence-electron chi connectivity index (χ4n) is 4.21. The first kappa shape index (κ1) is 28.9. The highest BCUT2D eigenvalue weighted by atomic mass is 35.5. The zero-order valence-corrected chi connectivity index (χ0v) is 24.6. The number of nitrogens with zero attached hydrogens (tertiary/aromatic N) is 5. The molecule has 0 saturated carbocycles. The van der Waals surface area contributed by atoms with Gasteiger partial charge in [0.05, 0.1) is 22.2 Å². The molecule has 1 saturated heterocycles. The molecule has 0 spiro atoms. The number of hydrogen-bond acceptors (Lipinski definition) is 8. The maximum absolute atomic E-state index is 11.7. The molecule has 1 aliphatic rings. The first-order valence-electron chi connectivity index (χ1n) is 12.7. The van der Waals surface area contributed by atoms with E-state index in [-0.39, 0.29) is 6.42 Å². The quantitative estimate of drug-likeness (QED) is 0.313. The van der Waals surface area contributed by atoms with Gasteiger partial charge in [-0.3, -0.25) is 4.79 Å². The fourth-order valence-corrected chi connectivity index (χ4v) is 5.44. The van der Waals surface area contributed by atoms with Gasteiger partial charge in [-0.15, -0.1) is 11.3 Å². The van der Waals surface area contributed by atoms with Crippen molar-refractivity contribution in [1.29, 1.82) is 0 Å². The van der Waals surface area contributed by atoms with Crippen LogP contribution in [0.3, 0.4) is 0 Å². The lowest BCUT2D eigenvalue weighted by atomic mass is 9.93. The molecule has 2 aromatic carbocycles. The Morgan fingerprint density at radius 2 is 1.79 bits per heavy atom. The molecule has 0 radical (unpaired) electrons. The number of aromatic nitrogens is 3. The van der Waals surface area contributed by atoms with Crippen molar-refractivity contribution < 1.29 is 15.0 Å². The predicted octanol–water partition coefficient (Wildman–Crippen LogP) is 5.54. The second-order valence-corrected chi connectivity index (χ2v) is 12.4. The van der Waals surface area contributed by atoms with Gasteiger partial charge in [0, 0.05) is 35.9 Å². The molecule has 1 fully saturated rings. The SMILES string of the molecule is CC(C)(C)O.Cc1cc2nc(-c3ccnc(N4CC(N(C)C)C4)n3)sc2c(-c2ccc(Cl)cc2)c1CC(=O)O. The van der Waals surface area contributed by atoms with Gasteiger partial charge in [0.25, 0.3) is 0 Å². The molecule has 1 aliphatic heterocycles. The molecule has 8 nitrogen and oxygen atoms in total. The first-order valence-corrected chi connectivity index (χ1v) is 13.9. The third-order valence-corrected chi connectivity index (χ3v) is 7.57. The molecule has 0 unspecified atom stereocenters. The van der Waals surface area contributed by atoms with Crippen molar-refractivity contribution in [3.63, 3.8) is 0 Å². The van der Waals surface area contributed by atoms with Crippen LogP contribution in [-0.4, -0.2) is 74.9 Å². The molecule has 0 aliphatic carbocycles. The molecule has 0 atom stereocenters. The van der Waals surface area contributed by atoms with E-state index in [1.807, 2.05) is 43.3 Å². The summed E-state index contributed by atoms with van der Waals surface area (Å²) in [5, 5.41) is 19.5. The van der Waals surface area contributed by atoms with E-state index in [2.05, 4.69) is 28.9 Å². The number of benzene rings is 2. The summed E-state index contributed by atoms with van der Waals surface area (Å²) in [6.07, 6.45) is 1.71. The summed E-state index contributed by atoms with van der Waals surface area (Å²) in [5.74, 6) is -0.163. The van der Waals surface area contributed by atoms with E-state index < -0.39 is 11.6 Å². The van der Waals surface area contributed by atoms with Crippen LogP contribution in [-0.2, 0) is 11.2 Å². The third-order valence-electron chi connectivity index (χ3n) is 6.21. The molecule has 2 N–H and O–H groups in total. The number of thiazole rings is 1. The average Bonchev–Trinajstić information content (AvgIpc) is 3.21. The summed E-state index contributed by atoms with van der Waals surface area (Å²) in [6.45, 7) is 8.96. The lowest BCUT2D eigenvalue weighted by Gasteiger charge is -2.42. The Hall–Kier alpha value is -3.11. The number of hydrogen-bond donors (Lipinski definition) is 2. The molecular weight excluding hydrogens is 534 g/mol. The van der Waals surface area contributed by atoms with Crippen molar-refractivity contribution in [2.45, 2.75) is 45.8 Å². The van der Waals surface area contributed by atoms with Crippen LogP contribution in [0, 0.1) is 6.92 Å². The molecular formula is C29H34ClN5O3S. The number of fused-ring (bicyclic) bond motifs is 1. The number of rotatable bonds is 6. The molecule has 3 heterocycles. The van der Waals surface area contributed by atoms with Gasteiger partial charge in [0.2, 0.25) is 5.95 Å². The topological polar surface area (TPSA) is 103 Å². The Morgan fingerprint density at radius 1 is 1.15 bits per heavy atom. The number of halogens is 1. The first-order chi connectivity index (χ1) is 18.3. The van der Waals surface area contributed by atoms with Gasteiger partial charge in [0.15, 0.2) is 0 Å². The fraction of sp³-hybridized carbons (Fsp3) is 0.379. The minimum absolute atomic E-state index is 0.0629. The largest absolute Gasteiger partial charge is 0.481 e. The normalized spacial score (nSPS) is 13.8. The summed E-state index contributed by atoms with van der Waals surface area (Å²) in [5.41, 5.74) is 4.59. The number of anilines is 1. The highest BCUT2D eigenvalue weighted by Crippen LogP contribution is 2.41. The number of aliphatic carboxylic acids is 1. The van der Waals surface area contributed by atoms with Crippen LogP contribution in [0.15, 0.2) is 42.6 Å². The smallest absolute Gasteiger partial charge is 0.307 e. The van der Waals surface area contributed by atoms with Crippen LogP contribution < -0.4 is 4.90 Å². The number of aryl methyl sites for hydroxylation is 1. The standard InChI is InChI=1S/C25H24ClN5O2S.C4H10O/c1-14-10-20-23(22(18(14)11-21(32)33)15-4-6-16(26)7-5-15)34-24(28-20)19-8-9-27-25(29-19)31-12-17(13-31)30(2)3;1-4(2,3)5/h4-10,17H,11-13H2,1-3H3,(H,32,33);5H,1-3H3. The van der Waals surface area contributed by atoms with E-state index in [9.17, 15) is 9.90 Å². The molecule has 10 heteroatoms. The van der Waals surface area contributed by atoms with Crippen molar-refractivity contribution in [1.82, 2.24) is 19.9 Å². The second kappa shape index (κ2) is 11.6. The van der Waals surface area contributed by atoms with Gasteiger partial charge in [-0.05, 0) is 82.7 Å². The lowest BCUT2D eigenvalue weighted by molar-refractivity contribution is -0.136. The van der Waals surface area contributed by atoms with Crippen LogP contribution >= 0.6 is 22.9 Å². The second-order valence-electron chi connectivity index (χ2n) is 10.9. The third kappa shape index (κ3) is 7.10. The number of carboxylic acids is 1. The maximum Gasteiger partial charge on any atom is 0.307 e. The Balaban J connectivity index is 0.000000648. The monoisotopic (exact) mass is 567 g/mol. The number of carbonyl (C=O) groups is 1. The van der Waals surface area contributed by atoms with E-state index in [0.717, 1.165) is 56.3 Å². The van der Waals surface area contributed by atoms with Gasteiger partial charge in [-0.25, -0.2) is 15.0 Å². The Labute approximate surface area is 237 Å². The van der Waals surface area contributed by atoms with Crippen molar-refractivity contribution in [2.24, 2.45) is 0 Å². The Kier molecular flexibility index (Phi) is 8.56. The summed E-state index contributed by atoms with van der Waals surface area (Å²) in [7, 11) is 4.17. The summed E-state index contributed by atoms with van der Waals surface area (Å²) in [4.78, 5) is 30.2. The highest BCUT2D eigenvalue weighted by molar-refractivity contribution is 7.22. The van der Waals surface area contributed by atoms with Crippen LogP contribution in [0.5, 0.6) is 0 Å². The molecule has 39 heavy (non-hydrogen) atoms. The number of carboxylic acid groups (broad SMARTS) is 1. The summed E-state index contributed by atoms with van der Waals surface area (Å²) >= 11 is 7.64. The van der Waals surface area contributed by atoms with Crippen molar-refractivity contribution in [2.75, 3.05) is 32.1 Å². The Morgan fingerprint density at radius 3 is 2.38 bits per heavy atom. The van der Waals surface area contributed by atoms with Gasteiger partial charge in [0.1, 0.15) is 10.7 Å². The molecule has 4 aromatic rings. The van der Waals surface area contributed by atoms with Gasteiger partial charge in [-0.2, -0.15) is 0 Å². The van der Waals surface area contributed by atoms with Crippen molar-refractivity contribution >= 4 is 45.1 Å². The average molecular weight is 568 g/mol. The molecule has 5 rings (SSSR count). The van der Waals surface area contributed by atoms with Crippen LogP contribution in [0.2, 0.25) is 5.02 Å². The van der Waals surface area contributed by atoms with Crippen molar-refractivity contribution in [3.8, 4) is 21.8 Å². The predicted molar refractivity (Wildman–Crippen MR) is 159 cm³/mol. The van der Waals surface area contributed by atoms with E-state index in [0.29, 0.717) is 17.0 Å². The van der Waals surface area contributed by atoms with Crippen LogP contribution in [0.1, 0.15) is 31.9 Å². The molecule has 206 valence electrons. The highest BCUT2D eigenvalue weighted by Gasteiger charge is 2.30. The van der Waals surface area contributed by atoms with Gasteiger partial charge < -0.3 is 20.0 Å². The van der Waals surface area contributed by atoms with E-state index in [4.69, 9.17) is 26.7 Å². The molecule has 2 aromatic heterocycles. The van der Waals surface area contributed by atoms with E-state index in [1.165, 1.54) is 11.3 Å². The zero-order chi connectivity index (χ0) is 28.5. The minimum Gasteiger partial charge on any atom is -0.481 e. The van der Waals surface area contributed by atoms with Gasteiger partial charge >= 0.3 is 5.97 Å². The van der Waals surface area contributed by atoms with Crippen LogP contribution in [0.25, 0.3) is 32.0 Å². The molecule has 0 bridgehead atoms. The number of likely N-dealkylation sites (N-methyl/N-ethyl adjacent to an activating group) is 1. The Bertz CT molecular complexity index is 1470. The van der Waals surface area contributed by atoms with Crippen molar-refractivity contribution in [3.05, 3.63) is 58.7 Å². The zero-order valence-electron chi connectivity index (χ0n) is 23.1. The number of aliphatic hydroxyl groups is 1. The maximum atomic E-state index is 11.7. The van der Waals surface area contributed by atoms with Crippen LogP contribution in [0.4, 0.5) is 5.95 Å². The molecule has 0 amide bonds.